The molecule has 0 fully saturated rings. The maximum atomic E-state index is 12.7. The van der Waals surface area contributed by atoms with Gasteiger partial charge in [-0.05, 0) is 31.2 Å². The van der Waals surface area contributed by atoms with Crippen molar-refractivity contribution in [1.29, 1.82) is 0 Å². The number of nitrogens with two attached hydrogens (primary N) is 1. The number of anilines is 2. The predicted octanol–water partition coefficient (Wildman–Crippen LogP) is 2.90. The minimum atomic E-state index is -4.47. The van der Waals surface area contributed by atoms with Crippen LogP contribution in [0.2, 0.25) is 0 Å². The summed E-state index contributed by atoms with van der Waals surface area (Å²) in [5.74, 6) is 6.43. The van der Waals surface area contributed by atoms with Gasteiger partial charge in [-0.1, -0.05) is 0 Å². The normalized spacial score (nSPS) is 11.4. The van der Waals surface area contributed by atoms with Gasteiger partial charge in [0.1, 0.15) is 23.2 Å². The van der Waals surface area contributed by atoms with E-state index in [2.05, 4.69) is 15.7 Å². The van der Waals surface area contributed by atoms with Gasteiger partial charge in [0.05, 0.1) is 12.1 Å². The highest BCUT2D eigenvalue weighted by Crippen LogP contribution is 2.31. The number of aryl methyl sites for hydroxylation is 1. The Morgan fingerprint density at radius 3 is 2.50 bits per heavy atom. The smallest absolute Gasteiger partial charge is 0.416 e. The van der Waals surface area contributed by atoms with Crippen LogP contribution in [0.1, 0.15) is 17.1 Å². The predicted molar refractivity (Wildman–Crippen MR) is 67.8 cm³/mol. The Morgan fingerprint density at radius 2 is 1.95 bits per heavy atom. The third-order valence-corrected chi connectivity index (χ3v) is 2.54. The van der Waals surface area contributed by atoms with Crippen LogP contribution in [0, 0.1) is 6.92 Å². The maximum absolute atomic E-state index is 12.7. The van der Waals surface area contributed by atoms with Crippen LogP contribution in [-0.4, -0.2) is 4.98 Å². The van der Waals surface area contributed by atoms with E-state index in [0.29, 0.717) is 5.76 Å². The number of hydrogen-bond donors (Lipinski definition) is 3. The molecule has 0 unspecified atom stereocenters. The highest BCUT2D eigenvalue weighted by Gasteiger charge is 2.31. The van der Waals surface area contributed by atoms with Crippen molar-refractivity contribution in [1.82, 2.24) is 4.98 Å². The molecule has 20 heavy (non-hydrogen) atoms. The SMILES string of the molecule is Cc1ccc(CNc2cc(C(F)(F)F)cc(NN)n2)o1. The van der Waals surface area contributed by atoms with Crippen molar-refractivity contribution >= 4 is 11.6 Å². The van der Waals surface area contributed by atoms with E-state index >= 15 is 0 Å². The number of hydrazine groups is 1. The molecule has 4 N–H and O–H groups in total. The Hall–Kier alpha value is -2.22. The molecule has 2 aromatic rings. The zero-order valence-electron chi connectivity index (χ0n) is 10.6. The van der Waals surface area contributed by atoms with Crippen LogP contribution in [0.25, 0.3) is 0 Å². The Balaban J connectivity index is 2.18. The summed E-state index contributed by atoms with van der Waals surface area (Å²) in [5.41, 5.74) is 1.27. The second kappa shape index (κ2) is 5.41. The third-order valence-electron chi connectivity index (χ3n) is 2.54. The molecule has 8 heteroatoms. The van der Waals surface area contributed by atoms with Crippen LogP contribution in [0.4, 0.5) is 24.8 Å². The van der Waals surface area contributed by atoms with Crippen molar-refractivity contribution in [2.45, 2.75) is 19.6 Å². The van der Waals surface area contributed by atoms with Crippen molar-refractivity contribution in [3.63, 3.8) is 0 Å². The highest BCUT2D eigenvalue weighted by molar-refractivity contribution is 5.49. The lowest BCUT2D eigenvalue weighted by molar-refractivity contribution is -0.137. The standard InChI is InChI=1S/C12H13F3N4O/c1-7-2-3-9(20-7)6-17-10-4-8(12(13,14)15)5-11(18-10)19-16/h2-5H,6,16H2,1H3,(H2,17,18,19). The summed E-state index contributed by atoms with van der Waals surface area (Å²) < 4.78 is 43.4. The van der Waals surface area contributed by atoms with Gasteiger partial charge < -0.3 is 15.2 Å². The molecule has 0 aliphatic rings. The minimum absolute atomic E-state index is 0.0572. The molecular formula is C12H13F3N4O. The zero-order chi connectivity index (χ0) is 14.8. The molecule has 2 aromatic heterocycles. The Kier molecular flexibility index (Phi) is 3.84. The number of rotatable bonds is 4. The molecule has 0 spiro atoms. The van der Waals surface area contributed by atoms with E-state index in [1.54, 1.807) is 19.1 Å². The van der Waals surface area contributed by atoms with Gasteiger partial charge in [-0.3, -0.25) is 0 Å². The van der Waals surface area contributed by atoms with Crippen LogP contribution >= 0.6 is 0 Å². The largest absolute Gasteiger partial charge is 0.465 e. The van der Waals surface area contributed by atoms with E-state index in [0.717, 1.165) is 17.9 Å². The van der Waals surface area contributed by atoms with Crippen LogP contribution in [0.3, 0.4) is 0 Å². The van der Waals surface area contributed by atoms with Gasteiger partial charge in [-0.15, -0.1) is 0 Å². The van der Waals surface area contributed by atoms with Crippen LogP contribution in [-0.2, 0) is 12.7 Å². The molecule has 0 aliphatic heterocycles. The molecule has 0 aromatic carbocycles. The first-order chi connectivity index (χ1) is 9.38. The molecule has 0 saturated carbocycles. The van der Waals surface area contributed by atoms with Crippen LogP contribution in [0.15, 0.2) is 28.7 Å². The first kappa shape index (κ1) is 14.2. The van der Waals surface area contributed by atoms with Crippen LogP contribution in [0.5, 0.6) is 0 Å². The first-order valence-electron chi connectivity index (χ1n) is 5.73. The van der Waals surface area contributed by atoms with Crippen molar-refractivity contribution < 1.29 is 17.6 Å². The summed E-state index contributed by atoms with van der Waals surface area (Å²) >= 11 is 0. The van der Waals surface area contributed by atoms with Gasteiger partial charge >= 0.3 is 6.18 Å². The Labute approximate surface area is 113 Å². The number of alkyl halides is 3. The number of hydrogen-bond acceptors (Lipinski definition) is 5. The van der Waals surface area contributed by atoms with Crippen molar-refractivity contribution in [3.05, 3.63) is 41.3 Å². The fourth-order valence-electron chi connectivity index (χ4n) is 1.62. The molecule has 0 aliphatic carbocycles. The number of nitrogen functional groups attached to an aromatic ring is 1. The van der Waals surface area contributed by atoms with E-state index < -0.39 is 11.7 Å². The fraction of sp³-hybridized carbons (Fsp3) is 0.250. The van der Waals surface area contributed by atoms with Crippen molar-refractivity contribution in [2.75, 3.05) is 10.7 Å². The molecule has 0 saturated heterocycles. The Morgan fingerprint density at radius 1 is 1.25 bits per heavy atom. The topological polar surface area (TPSA) is 76.1 Å². The molecule has 0 bridgehead atoms. The number of nitrogens with zero attached hydrogens (tertiary/aromatic N) is 1. The molecule has 0 radical (unpaired) electrons. The molecule has 5 nitrogen and oxygen atoms in total. The summed E-state index contributed by atoms with van der Waals surface area (Å²) in [6.07, 6.45) is -4.47. The molecule has 2 heterocycles. The van der Waals surface area contributed by atoms with E-state index in [-0.39, 0.29) is 18.2 Å². The number of pyridine rings is 1. The fourth-order valence-corrected chi connectivity index (χ4v) is 1.62. The van der Waals surface area contributed by atoms with Gasteiger partial charge in [0.2, 0.25) is 0 Å². The highest BCUT2D eigenvalue weighted by atomic mass is 19.4. The quantitative estimate of drug-likeness (QED) is 0.595. The summed E-state index contributed by atoms with van der Waals surface area (Å²) in [6, 6.07) is 5.25. The summed E-state index contributed by atoms with van der Waals surface area (Å²) in [4.78, 5) is 3.90. The van der Waals surface area contributed by atoms with Gasteiger partial charge in [0.15, 0.2) is 0 Å². The molecule has 0 amide bonds. The molecular weight excluding hydrogens is 273 g/mol. The average molecular weight is 286 g/mol. The van der Waals surface area contributed by atoms with Gasteiger partial charge in [0, 0.05) is 0 Å². The summed E-state index contributed by atoms with van der Waals surface area (Å²) in [5, 5.41) is 2.76. The summed E-state index contributed by atoms with van der Waals surface area (Å²) in [6.45, 7) is 2.01. The third kappa shape index (κ3) is 3.41. The minimum Gasteiger partial charge on any atom is -0.465 e. The number of nitrogens with one attached hydrogen (secondary N) is 2. The van der Waals surface area contributed by atoms with E-state index in [1.165, 1.54) is 0 Å². The maximum Gasteiger partial charge on any atom is 0.416 e. The second-order valence-electron chi connectivity index (χ2n) is 4.13. The summed E-state index contributed by atoms with van der Waals surface area (Å²) in [7, 11) is 0. The number of aromatic nitrogens is 1. The second-order valence-corrected chi connectivity index (χ2v) is 4.13. The van der Waals surface area contributed by atoms with E-state index in [4.69, 9.17) is 10.3 Å². The van der Waals surface area contributed by atoms with Gasteiger partial charge in [-0.25, -0.2) is 10.8 Å². The van der Waals surface area contributed by atoms with Gasteiger partial charge in [-0.2, -0.15) is 13.2 Å². The Bertz CT molecular complexity index is 595. The number of halogens is 3. The van der Waals surface area contributed by atoms with E-state index in [9.17, 15) is 13.2 Å². The lowest BCUT2D eigenvalue weighted by atomic mass is 10.2. The monoisotopic (exact) mass is 286 g/mol. The van der Waals surface area contributed by atoms with Gasteiger partial charge in [0.25, 0.3) is 0 Å². The lowest BCUT2D eigenvalue weighted by Gasteiger charge is -2.11. The lowest BCUT2D eigenvalue weighted by Crippen LogP contribution is -2.13. The first-order valence-corrected chi connectivity index (χ1v) is 5.73. The number of furan rings is 1. The average Bonchev–Trinajstić information content (AvgIpc) is 2.81. The molecule has 0 atom stereocenters. The van der Waals surface area contributed by atoms with Crippen molar-refractivity contribution in [2.24, 2.45) is 5.84 Å². The van der Waals surface area contributed by atoms with Crippen LogP contribution < -0.4 is 16.6 Å². The molecule has 2 rings (SSSR count). The molecule has 108 valence electrons. The zero-order valence-corrected chi connectivity index (χ0v) is 10.6. The van der Waals surface area contributed by atoms with E-state index in [1.807, 2.05) is 0 Å². The van der Waals surface area contributed by atoms with Crippen molar-refractivity contribution in [3.8, 4) is 0 Å².